The molecule has 31 heavy (non-hydrogen) atoms. The monoisotopic (exact) mass is 427 g/mol. The molecule has 0 spiro atoms. The summed E-state index contributed by atoms with van der Waals surface area (Å²) in [5.74, 6) is -0.253. The van der Waals surface area contributed by atoms with Gasteiger partial charge in [-0.15, -0.1) is 0 Å². The zero-order chi connectivity index (χ0) is 22.0. The summed E-state index contributed by atoms with van der Waals surface area (Å²) in [7, 11) is 0. The van der Waals surface area contributed by atoms with E-state index in [0.29, 0.717) is 5.56 Å². The summed E-state index contributed by atoms with van der Waals surface area (Å²) in [6, 6.07) is 6.23. The molecule has 1 saturated heterocycles. The minimum absolute atomic E-state index is 0.00179. The lowest BCUT2D eigenvalue weighted by Gasteiger charge is -2.19. The molecule has 0 aliphatic carbocycles. The van der Waals surface area contributed by atoms with Gasteiger partial charge in [0.05, 0.1) is 35.5 Å². The fourth-order valence-corrected chi connectivity index (χ4v) is 3.79. The lowest BCUT2D eigenvalue weighted by molar-refractivity contribution is -0.137. The standard InChI is InChI=1S/C22H20F3N5O/c1-14-2-3-15(21(31)29-18-7-17(8-26-9-18)22(23,24)25)6-20(14)16-4-5-30(12-16)19-10-27-13-28-11-19/h2-3,6-11,13,16H,4-5,12H2,1H3,(H,29,31)/t16-/m1/s1. The van der Waals surface area contributed by atoms with Crippen LogP contribution in [-0.4, -0.2) is 33.9 Å². The fraction of sp³-hybridized carbons (Fsp3) is 0.273. The first-order chi connectivity index (χ1) is 14.8. The van der Waals surface area contributed by atoms with Gasteiger partial charge in [0.1, 0.15) is 6.33 Å². The lowest BCUT2D eigenvalue weighted by Crippen LogP contribution is -2.20. The Bertz CT molecular complexity index is 1090. The highest BCUT2D eigenvalue weighted by Crippen LogP contribution is 2.33. The van der Waals surface area contributed by atoms with Crippen LogP contribution in [0.2, 0.25) is 0 Å². The van der Waals surface area contributed by atoms with Crippen LogP contribution in [0, 0.1) is 6.92 Å². The Hall–Kier alpha value is -3.49. The van der Waals surface area contributed by atoms with Crippen molar-refractivity contribution in [1.82, 2.24) is 15.0 Å². The van der Waals surface area contributed by atoms with E-state index in [4.69, 9.17) is 0 Å². The summed E-state index contributed by atoms with van der Waals surface area (Å²) in [6.45, 7) is 3.61. The van der Waals surface area contributed by atoms with Gasteiger partial charge in [-0.3, -0.25) is 9.78 Å². The van der Waals surface area contributed by atoms with Crippen LogP contribution in [0.25, 0.3) is 0 Å². The maximum absolute atomic E-state index is 12.9. The number of rotatable bonds is 4. The molecule has 0 radical (unpaired) electrons. The van der Waals surface area contributed by atoms with Crippen LogP contribution >= 0.6 is 0 Å². The summed E-state index contributed by atoms with van der Waals surface area (Å²) in [5.41, 5.74) is 2.54. The number of aromatic nitrogens is 3. The van der Waals surface area contributed by atoms with Gasteiger partial charge >= 0.3 is 6.18 Å². The van der Waals surface area contributed by atoms with E-state index < -0.39 is 17.6 Å². The number of benzene rings is 1. The van der Waals surface area contributed by atoms with Crippen LogP contribution in [-0.2, 0) is 6.18 Å². The molecule has 1 amide bonds. The average Bonchev–Trinajstić information content (AvgIpc) is 3.24. The summed E-state index contributed by atoms with van der Waals surface area (Å²) < 4.78 is 38.7. The zero-order valence-electron chi connectivity index (χ0n) is 16.7. The zero-order valence-corrected chi connectivity index (χ0v) is 16.7. The lowest BCUT2D eigenvalue weighted by atomic mass is 9.92. The Morgan fingerprint density at radius 1 is 1.10 bits per heavy atom. The van der Waals surface area contributed by atoms with Gasteiger partial charge < -0.3 is 10.2 Å². The minimum Gasteiger partial charge on any atom is -0.368 e. The van der Waals surface area contributed by atoms with Gasteiger partial charge in [-0.1, -0.05) is 6.07 Å². The van der Waals surface area contributed by atoms with Crippen molar-refractivity contribution in [2.75, 3.05) is 23.3 Å². The van der Waals surface area contributed by atoms with Crippen molar-refractivity contribution in [1.29, 1.82) is 0 Å². The molecule has 4 rings (SSSR count). The molecule has 1 fully saturated rings. The number of amides is 1. The van der Waals surface area contributed by atoms with Crippen LogP contribution in [0.1, 0.15) is 39.4 Å². The van der Waals surface area contributed by atoms with E-state index in [1.807, 2.05) is 19.1 Å². The van der Waals surface area contributed by atoms with E-state index in [0.717, 1.165) is 48.6 Å². The third-order valence-corrected chi connectivity index (χ3v) is 5.41. The van der Waals surface area contributed by atoms with E-state index in [2.05, 4.69) is 25.2 Å². The molecule has 1 aliphatic rings. The first-order valence-corrected chi connectivity index (χ1v) is 9.75. The van der Waals surface area contributed by atoms with Crippen LogP contribution in [0.4, 0.5) is 24.5 Å². The fourth-order valence-electron chi connectivity index (χ4n) is 3.79. The number of alkyl halides is 3. The number of nitrogens with zero attached hydrogens (tertiary/aromatic N) is 4. The maximum atomic E-state index is 12.9. The van der Waals surface area contributed by atoms with E-state index in [-0.39, 0.29) is 11.6 Å². The summed E-state index contributed by atoms with van der Waals surface area (Å²) in [6.07, 6.45) is 3.34. The predicted molar refractivity (Wildman–Crippen MR) is 110 cm³/mol. The third-order valence-electron chi connectivity index (χ3n) is 5.41. The minimum atomic E-state index is -4.52. The molecule has 9 heteroatoms. The average molecular weight is 427 g/mol. The number of nitrogens with one attached hydrogen (secondary N) is 1. The van der Waals surface area contributed by atoms with Gasteiger partial charge in [-0.2, -0.15) is 13.2 Å². The topological polar surface area (TPSA) is 71.0 Å². The summed E-state index contributed by atoms with van der Waals surface area (Å²) in [5, 5.41) is 2.51. The second-order valence-corrected chi connectivity index (χ2v) is 7.51. The maximum Gasteiger partial charge on any atom is 0.417 e. The number of aryl methyl sites for hydroxylation is 1. The number of halogens is 3. The second-order valence-electron chi connectivity index (χ2n) is 7.51. The molecule has 3 aromatic rings. The molecule has 1 atom stereocenters. The molecule has 6 nitrogen and oxygen atoms in total. The summed E-state index contributed by atoms with van der Waals surface area (Å²) >= 11 is 0. The predicted octanol–water partition coefficient (Wildman–Crippen LogP) is 4.45. The van der Waals surface area contributed by atoms with Crippen LogP contribution in [0.5, 0.6) is 0 Å². The first-order valence-electron chi connectivity index (χ1n) is 9.75. The van der Waals surface area contributed by atoms with Crippen molar-refractivity contribution in [2.45, 2.75) is 25.4 Å². The largest absolute Gasteiger partial charge is 0.417 e. The number of hydrogen-bond donors (Lipinski definition) is 1. The van der Waals surface area contributed by atoms with Gasteiger partial charge in [-0.25, -0.2) is 9.97 Å². The third kappa shape index (κ3) is 4.65. The second kappa shape index (κ2) is 8.33. The van der Waals surface area contributed by atoms with E-state index in [1.165, 1.54) is 12.5 Å². The number of hydrogen-bond acceptors (Lipinski definition) is 5. The number of anilines is 2. The normalized spacial score (nSPS) is 16.4. The molecular weight excluding hydrogens is 407 g/mol. The van der Waals surface area contributed by atoms with Crippen molar-refractivity contribution < 1.29 is 18.0 Å². The van der Waals surface area contributed by atoms with Crippen molar-refractivity contribution in [3.8, 4) is 0 Å². The van der Waals surface area contributed by atoms with Gasteiger partial charge in [0.25, 0.3) is 5.91 Å². The number of carbonyl (C=O) groups is 1. The SMILES string of the molecule is Cc1ccc(C(=O)Nc2cncc(C(F)(F)F)c2)cc1[C@@H]1CCN(c2cncnc2)C1. The van der Waals surface area contributed by atoms with Gasteiger partial charge in [0.15, 0.2) is 0 Å². The Kier molecular flexibility index (Phi) is 5.58. The van der Waals surface area contributed by atoms with E-state index in [1.54, 1.807) is 18.5 Å². The summed E-state index contributed by atoms with van der Waals surface area (Å²) in [4.78, 5) is 26.6. The molecule has 0 unspecified atom stereocenters. The molecule has 2 aromatic heterocycles. The molecule has 0 saturated carbocycles. The highest BCUT2D eigenvalue weighted by Gasteiger charge is 2.31. The Morgan fingerprint density at radius 2 is 1.87 bits per heavy atom. The first kappa shape index (κ1) is 20.8. The number of carbonyl (C=O) groups excluding carboxylic acids is 1. The Morgan fingerprint density at radius 3 is 2.61 bits per heavy atom. The Balaban J connectivity index is 1.51. The van der Waals surface area contributed by atoms with Crippen molar-refractivity contribution >= 4 is 17.3 Å². The molecule has 1 N–H and O–H groups in total. The van der Waals surface area contributed by atoms with Crippen molar-refractivity contribution in [3.05, 3.63) is 77.6 Å². The van der Waals surface area contributed by atoms with Gasteiger partial charge in [-0.05, 0) is 42.7 Å². The van der Waals surface area contributed by atoms with Crippen molar-refractivity contribution in [2.24, 2.45) is 0 Å². The smallest absolute Gasteiger partial charge is 0.368 e. The van der Waals surface area contributed by atoms with Crippen LogP contribution in [0.3, 0.4) is 0 Å². The molecular formula is C22H20F3N5O. The molecule has 3 heterocycles. The molecule has 160 valence electrons. The van der Waals surface area contributed by atoms with Gasteiger partial charge in [0, 0.05) is 30.8 Å². The molecule has 1 aromatic carbocycles. The Labute approximate surface area is 177 Å². The van der Waals surface area contributed by atoms with Crippen LogP contribution < -0.4 is 10.2 Å². The van der Waals surface area contributed by atoms with Gasteiger partial charge in [0.2, 0.25) is 0 Å². The molecule has 0 bridgehead atoms. The van der Waals surface area contributed by atoms with E-state index >= 15 is 0 Å². The quantitative estimate of drug-likeness (QED) is 0.666. The number of pyridine rings is 1. The van der Waals surface area contributed by atoms with Crippen molar-refractivity contribution in [3.63, 3.8) is 0 Å². The highest BCUT2D eigenvalue weighted by atomic mass is 19.4. The van der Waals surface area contributed by atoms with E-state index in [9.17, 15) is 18.0 Å². The van der Waals surface area contributed by atoms with Crippen LogP contribution in [0.15, 0.2) is 55.4 Å². The highest BCUT2D eigenvalue weighted by molar-refractivity contribution is 6.04. The molecule has 1 aliphatic heterocycles.